The number of nitrogens with two attached hydrogens (primary N) is 5. The Morgan fingerprint density at radius 3 is 1.16 bits per heavy atom. The highest BCUT2D eigenvalue weighted by Gasteiger charge is 2.43. The lowest BCUT2D eigenvalue weighted by Gasteiger charge is -2.35. The number of aromatic nitrogens is 8. The van der Waals surface area contributed by atoms with Gasteiger partial charge in [-0.3, -0.25) is 43.7 Å². The monoisotopic (exact) mass is 2110 g/mol. The van der Waals surface area contributed by atoms with Crippen molar-refractivity contribution in [3.05, 3.63) is 328 Å². The quantitative estimate of drug-likeness (QED) is 0.0231. The molecule has 0 saturated heterocycles. The summed E-state index contributed by atoms with van der Waals surface area (Å²) in [6, 6.07) is 17.1. The average Bonchev–Trinajstić information content (AvgIpc) is 0.773. The summed E-state index contributed by atoms with van der Waals surface area (Å²) in [5, 5.41) is 19.8. The number of pyridine rings is 3. The number of rotatable bonds is 23. The number of carboxylic acid groups (broad SMARTS) is 1. The van der Waals surface area contributed by atoms with Crippen LogP contribution in [-0.4, -0.2) is 180 Å². The molecule has 10 heterocycles. The molecule has 150 heavy (non-hydrogen) atoms. The molecule has 0 saturated carbocycles. The summed E-state index contributed by atoms with van der Waals surface area (Å²) in [4.78, 5) is 119. The molecular formula is C103H103F20N19O8. The summed E-state index contributed by atoms with van der Waals surface area (Å²) in [6.45, 7) is 10.3. The van der Waals surface area contributed by atoms with Gasteiger partial charge in [0.2, 0.25) is 29.5 Å². The summed E-state index contributed by atoms with van der Waals surface area (Å²) in [5.74, 6) is -16.7. The van der Waals surface area contributed by atoms with Gasteiger partial charge in [-0.25, -0.2) is 81.2 Å². The number of nitrogens with zero attached hydrogens (tertiary/aromatic N) is 13. The van der Waals surface area contributed by atoms with Crippen LogP contribution in [0.4, 0.5) is 87.8 Å². The molecule has 27 nitrogen and oxygen atoms in total. The molecule has 0 bridgehead atoms. The highest BCUT2D eigenvalue weighted by atomic mass is 19.4. The fourth-order valence-electron chi connectivity index (χ4n) is 17.5. The van der Waals surface area contributed by atoms with E-state index in [0.717, 1.165) is 83.3 Å². The molecule has 47 heteroatoms. The van der Waals surface area contributed by atoms with Crippen molar-refractivity contribution in [1.82, 2.24) is 69.9 Å². The van der Waals surface area contributed by atoms with Crippen molar-refractivity contribution in [1.29, 1.82) is 0 Å². The zero-order valence-corrected chi connectivity index (χ0v) is 81.1. The highest BCUT2D eigenvalue weighted by molar-refractivity contribution is 5.96. The first-order valence-electron chi connectivity index (χ1n) is 47.1. The van der Waals surface area contributed by atoms with Crippen LogP contribution < -0.4 is 34.0 Å². The maximum Gasteiger partial charge on any atom is 0.434 e. The van der Waals surface area contributed by atoms with Crippen molar-refractivity contribution < 1.29 is 126 Å². The highest BCUT2D eigenvalue weighted by Crippen LogP contribution is 2.38. The van der Waals surface area contributed by atoms with Crippen LogP contribution in [0.3, 0.4) is 0 Å². The molecule has 11 aromatic rings. The van der Waals surface area contributed by atoms with Crippen molar-refractivity contribution in [2.45, 2.75) is 211 Å². The third-order valence-corrected chi connectivity index (χ3v) is 25.0. The van der Waals surface area contributed by atoms with E-state index in [1.165, 1.54) is 28.0 Å². The van der Waals surface area contributed by atoms with Gasteiger partial charge in [-0.05, 0) is 228 Å². The van der Waals surface area contributed by atoms with Gasteiger partial charge >= 0.3 is 18.3 Å². The Bertz CT molecular complexity index is 6670. The van der Waals surface area contributed by atoms with Crippen LogP contribution in [-0.2, 0) is 120 Å². The summed E-state index contributed by atoms with van der Waals surface area (Å²) in [7, 11) is 0. The Kier molecular flexibility index (Phi) is 37.6. The number of amides is 6. The molecule has 5 aliphatic heterocycles. The van der Waals surface area contributed by atoms with Gasteiger partial charge in [0.05, 0.1) is 82.7 Å². The molecule has 7 atom stereocenters. The minimum absolute atomic E-state index is 0.00899. The van der Waals surface area contributed by atoms with Gasteiger partial charge in [-0.1, -0.05) is 6.07 Å². The maximum absolute atomic E-state index is 13.9. The second-order valence-electron chi connectivity index (χ2n) is 37.6. The van der Waals surface area contributed by atoms with Crippen molar-refractivity contribution in [2.75, 3.05) is 32.7 Å². The lowest BCUT2D eigenvalue weighted by atomic mass is 9.97. The van der Waals surface area contributed by atoms with E-state index in [9.17, 15) is 121 Å². The molecule has 6 aromatic carbocycles. The predicted octanol–water partition coefficient (Wildman–Crippen LogP) is 14.8. The van der Waals surface area contributed by atoms with E-state index in [1.807, 2.05) is 26.0 Å². The molecule has 0 aliphatic carbocycles. The molecular weight excluding hydrogens is 2010 g/mol. The topological polar surface area (TPSA) is 401 Å². The van der Waals surface area contributed by atoms with Crippen LogP contribution in [0.1, 0.15) is 195 Å². The van der Waals surface area contributed by atoms with E-state index in [-0.39, 0.29) is 185 Å². The van der Waals surface area contributed by atoms with Gasteiger partial charge in [0, 0.05) is 156 Å². The van der Waals surface area contributed by atoms with Crippen LogP contribution in [0.5, 0.6) is 0 Å². The van der Waals surface area contributed by atoms with Crippen molar-refractivity contribution in [2.24, 2.45) is 28.7 Å². The largest absolute Gasteiger partial charge is 0.478 e. The zero-order chi connectivity index (χ0) is 110. The zero-order valence-electron chi connectivity index (χ0n) is 81.1. The van der Waals surface area contributed by atoms with Gasteiger partial charge in [0.15, 0.2) is 52.1 Å². The van der Waals surface area contributed by atoms with Crippen LogP contribution >= 0.6 is 0 Å². The fraction of sp³-hybridized carbons (Fsp3) is 0.369. The second-order valence-corrected chi connectivity index (χ2v) is 37.6. The normalized spacial score (nSPS) is 15.7. The number of aromatic carboxylic acids is 1. The standard InChI is InChI=1S/C24H27F5N4O2.C22H19F4N5O.C20H18F5N3O3.C19H20F3N3O.C18H19F3N4O/c1-23(2,3)32-22(35)17-10-13-6-7-33(12-19(13)31-21(17)24(27,28)29)20(34)11-16(30)9-14-8-15(25)4-5-18(14)26;23-14-3-1-12(2-4-14)22-28-20-11-31(6-5-19(20)29-30-22)21(32)9-15(27)7-13-8-17(25)18(26)10-16(13)24;21-12-1-2-15(22)11(5-12)6-13(26)8-17(29)28-4-3-10-7-14(19(30)31)18(20(23,24)25)27-16(10)9-28;1-11-19-12(3-2-5-24-19)4-6-25(11)18(26)9-14(23)7-13-8-16(21)17(22)10-15(13)20;1-10-18-16(23-3-4-24-18)2-5-25(10)17(26)8-12(22)6-11-7-14(20)15(21)9-13(11)19/h4-5,8,10,16H,6-7,9,11-12,30H2,1-3H3,(H,32,35);1-4,8,10,15H,5-7,9,11,27H2;1-2,5,7,13H,3-4,6,8-9,26H2,(H,30,31);2-3,5,8,10-11,14H,4,6-7,9,23H2,1H3;3-4,7,9-10,12H,2,5-6,8,22H2,1H3/t16-;15-;13-;11?,14-;10?,12-/m11111/s1. The van der Waals surface area contributed by atoms with Crippen LogP contribution in [0.15, 0.2) is 140 Å². The summed E-state index contributed by atoms with van der Waals surface area (Å²) in [5.41, 5.74) is 30.8. The van der Waals surface area contributed by atoms with Gasteiger partial charge in [0.25, 0.3) is 5.91 Å². The average molecular weight is 2120 g/mol. The van der Waals surface area contributed by atoms with Crippen molar-refractivity contribution in [3.63, 3.8) is 0 Å². The lowest BCUT2D eigenvalue weighted by Crippen LogP contribution is -2.42. The summed E-state index contributed by atoms with van der Waals surface area (Å²) in [6.07, 6.45) is -3.81. The van der Waals surface area contributed by atoms with Gasteiger partial charge in [-0.2, -0.15) is 31.4 Å². The number of carboxylic acids is 1. The summed E-state index contributed by atoms with van der Waals surface area (Å²) < 4.78 is 268. The number of carbonyl (C=O) groups is 7. The number of fused-ring (bicyclic) bond motifs is 5. The number of hydrogen-bond acceptors (Lipinski definition) is 20. The number of alkyl halides is 6. The van der Waals surface area contributed by atoms with Crippen molar-refractivity contribution in [3.8, 4) is 11.4 Å². The van der Waals surface area contributed by atoms with E-state index in [1.54, 1.807) is 66.2 Å². The first-order chi connectivity index (χ1) is 70.6. The number of hydrogen-bond donors (Lipinski definition) is 7. The van der Waals surface area contributed by atoms with E-state index < -0.39 is 170 Å². The predicted molar refractivity (Wildman–Crippen MR) is 502 cm³/mol. The lowest BCUT2D eigenvalue weighted by molar-refractivity contribution is -0.142. The fourth-order valence-corrected chi connectivity index (χ4v) is 17.5. The van der Waals surface area contributed by atoms with E-state index in [2.05, 4.69) is 45.4 Å². The van der Waals surface area contributed by atoms with E-state index in [0.29, 0.717) is 91.0 Å². The molecule has 2 unspecified atom stereocenters. The Labute approximate surface area is 845 Å². The first-order valence-corrected chi connectivity index (χ1v) is 47.1. The van der Waals surface area contributed by atoms with Gasteiger partial charge < -0.3 is 63.6 Å². The molecule has 16 rings (SSSR count). The van der Waals surface area contributed by atoms with Crippen LogP contribution in [0.2, 0.25) is 0 Å². The number of carbonyl (C=O) groups excluding carboxylic acids is 6. The third kappa shape index (κ3) is 30.2. The minimum Gasteiger partial charge on any atom is -0.478 e. The molecule has 5 aromatic heterocycles. The Morgan fingerprint density at radius 1 is 0.367 bits per heavy atom. The van der Waals surface area contributed by atoms with E-state index >= 15 is 0 Å². The summed E-state index contributed by atoms with van der Waals surface area (Å²) >= 11 is 0. The molecule has 12 N–H and O–H groups in total. The number of nitrogens with one attached hydrogen (secondary N) is 1. The SMILES string of the molecule is CC(C)(C)NC(=O)c1cc2c(nc1C(F)(F)F)CN(C(=O)C[C@H](N)Cc1cc(F)ccc1F)CC2.CC1c2ncccc2CCN1C(=O)C[C@H](N)Cc1cc(F)c(F)cc1F.CC1c2nccnc2CCN1C(=O)C[C@H](N)Cc1cc(F)c(F)cc1F.N[C@@H](CC(=O)N1CCc2cc(C(=O)O)c(C(F)(F)F)nc2C1)Cc1cc(F)ccc1F.N[C@@H](CC(=O)N1CCc2nnc(-c3ccc(F)cc3)nc2C1)Cc1cc(F)c(F)cc1F. The van der Waals surface area contributed by atoms with E-state index in [4.69, 9.17) is 33.8 Å². The molecule has 5 aliphatic rings. The van der Waals surface area contributed by atoms with Gasteiger partial charge in [0.1, 0.15) is 46.5 Å². The Balaban J connectivity index is 0.000000167. The van der Waals surface area contributed by atoms with Gasteiger partial charge in [-0.15, -0.1) is 5.10 Å². The smallest absolute Gasteiger partial charge is 0.434 e. The third-order valence-electron chi connectivity index (χ3n) is 25.0. The molecule has 798 valence electrons. The second kappa shape index (κ2) is 49.3. The molecule has 0 spiro atoms. The molecule has 0 fully saturated rings. The van der Waals surface area contributed by atoms with Crippen molar-refractivity contribution >= 4 is 41.4 Å². The first kappa shape index (κ1) is 114. The molecule has 6 amide bonds. The Hall–Kier alpha value is -14.5. The van der Waals surface area contributed by atoms with Crippen LogP contribution in [0.25, 0.3) is 11.4 Å². The number of halogens is 20. The minimum atomic E-state index is -4.97. The number of benzene rings is 6. The Morgan fingerprint density at radius 2 is 0.727 bits per heavy atom. The molecule has 0 radical (unpaired) electrons. The maximum atomic E-state index is 13.9. The van der Waals surface area contributed by atoms with Crippen LogP contribution in [0, 0.1) is 81.4 Å².